The van der Waals surface area contributed by atoms with E-state index in [0.29, 0.717) is 11.1 Å². The van der Waals surface area contributed by atoms with Crippen LogP contribution in [-0.4, -0.2) is 4.98 Å². The van der Waals surface area contributed by atoms with Crippen molar-refractivity contribution in [3.05, 3.63) is 26.6 Å². The maximum atomic E-state index is 12.7. The maximum absolute atomic E-state index is 12.7. The Labute approximate surface area is 99.4 Å². The van der Waals surface area contributed by atoms with Crippen LogP contribution < -0.4 is 5.73 Å². The molecule has 0 amide bonds. The zero-order valence-corrected chi connectivity index (χ0v) is 9.83. The molecule has 0 aliphatic carbocycles. The molecule has 1 aromatic rings. The number of halogens is 3. The lowest BCUT2D eigenvalue weighted by Gasteiger charge is -2.12. The van der Waals surface area contributed by atoms with E-state index < -0.39 is 6.43 Å². The van der Waals surface area contributed by atoms with E-state index >= 15 is 0 Å². The minimum Gasteiger partial charge on any atom is -0.326 e. The molecule has 80 valence electrons. The number of pyridine rings is 1. The van der Waals surface area contributed by atoms with Crippen molar-refractivity contribution in [1.82, 2.24) is 4.98 Å². The van der Waals surface area contributed by atoms with Crippen LogP contribution in [0.3, 0.4) is 0 Å². The van der Waals surface area contributed by atoms with Crippen molar-refractivity contribution in [3.63, 3.8) is 0 Å². The maximum Gasteiger partial charge on any atom is 0.266 e. The molecular formula is C9H8F2IN3. The van der Waals surface area contributed by atoms with Gasteiger partial charge in [0.15, 0.2) is 0 Å². The molecule has 0 aliphatic heterocycles. The summed E-state index contributed by atoms with van der Waals surface area (Å²) in [6.45, 7) is -0.00475. The van der Waals surface area contributed by atoms with Gasteiger partial charge in [0.25, 0.3) is 6.43 Å². The molecule has 15 heavy (non-hydrogen) atoms. The van der Waals surface area contributed by atoms with Crippen LogP contribution in [0.2, 0.25) is 0 Å². The molecule has 0 spiro atoms. The molecule has 0 radical (unpaired) electrons. The average molecular weight is 323 g/mol. The van der Waals surface area contributed by atoms with E-state index in [1.807, 2.05) is 6.07 Å². The molecule has 0 aliphatic rings. The van der Waals surface area contributed by atoms with Crippen molar-refractivity contribution in [2.75, 3.05) is 0 Å². The second-order valence-corrected chi connectivity index (χ2v) is 3.83. The van der Waals surface area contributed by atoms with Crippen molar-refractivity contribution in [2.24, 2.45) is 5.73 Å². The average Bonchev–Trinajstić information content (AvgIpc) is 2.19. The predicted molar refractivity (Wildman–Crippen MR) is 59.1 cm³/mol. The summed E-state index contributed by atoms with van der Waals surface area (Å²) in [7, 11) is 0. The second-order valence-electron chi connectivity index (χ2n) is 2.81. The molecule has 0 aromatic carbocycles. The highest BCUT2D eigenvalue weighted by atomic mass is 127. The Balaban J connectivity index is 3.34. The summed E-state index contributed by atoms with van der Waals surface area (Å²) in [5, 5.41) is 8.53. The third kappa shape index (κ3) is 2.60. The SMILES string of the molecule is N#CCc1cnc(I)c(C(F)F)c1CN. The summed E-state index contributed by atoms with van der Waals surface area (Å²) >= 11 is 1.74. The van der Waals surface area contributed by atoms with Gasteiger partial charge in [-0.2, -0.15) is 5.26 Å². The Morgan fingerprint density at radius 3 is 2.73 bits per heavy atom. The summed E-state index contributed by atoms with van der Waals surface area (Å²) < 4.78 is 25.7. The monoisotopic (exact) mass is 323 g/mol. The largest absolute Gasteiger partial charge is 0.326 e. The van der Waals surface area contributed by atoms with Crippen LogP contribution in [0.1, 0.15) is 23.1 Å². The standard InChI is InChI=1S/C9H8F2IN3/c10-8(11)7-6(3-14)5(1-2-13)4-15-9(7)12/h4,8H,1,3,14H2. The second kappa shape index (κ2) is 5.32. The van der Waals surface area contributed by atoms with E-state index in [9.17, 15) is 8.78 Å². The van der Waals surface area contributed by atoms with Crippen molar-refractivity contribution >= 4 is 22.6 Å². The van der Waals surface area contributed by atoms with E-state index in [2.05, 4.69) is 4.98 Å². The number of rotatable bonds is 3. The lowest BCUT2D eigenvalue weighted by Crippen LogP contribution is -2.09. The number of nitrogens with two attached hydrogens (primary N) is 1. The van der Waals surface area contributed by atoms with E-state index in [0.717, 1.165) is 0 Å². The third-order valence-corrected chi connectivity index (χ3v) is 2.82. The molecule has 1 aromatic heterocycles. The molecule has 0 atom stereocenters. The van der Waals surface area contributed by atoms with Crippen LogP contribution in [0.4, 0.5) is 8.78 Å². The summed E-state index contributed by atoms with van der Waals surface area (Å²) in [6, 6.07) is 1.90. The van der Waals surface area contributed by atoms with E-state index in [4.69, 9.17) is 11.0 Å². The van der Waals surface area contributed by atoms with E-state index in [1.54, 1.807) is 22.6 Å². The highest BCUT2D eigenvalue weighted by molar-refractivity contribution is 14.1. The molecule has 0 saturated heterocycles. The van der Waals surface area contributed by atoms with Gasteiger partial charge < -0.3 is 5.73 Å². The summed E-state index contributed by atoms with van der Waals surface area (Å²) in [5.74, 6) is 0. The first kappa shape index (κ1) is 12.3. The topological polar surface area (TPSA) is 62.7 Å². The van der Waals surface area contributed by atoms with Crippen LogP contribution in [0.25, 0.3) is 0 Å². The number of alkyl halides is 2. The molecule has 3 nitrogen and oxygen atoms in total. The first-order valence-electron chi connectivity index (χ1n) is 4.13. The zero-order chi connectivity index (χ0) is 11.4. The van der Waals surface area contributed by atoms with Gasteiger partial charge in [0.2, 0.25) is 0 Å². The van der Waals surface area contributed by atoms with Crippen molar-refractivity contribution in [1.29, 1.82) is 5.26 Å². The molecular weight excluding hydrogens is 315 g/mol. The number of nitrogens with zero attached hydrogens (tertiary/aromatic N) is 2. The van der Waals surface area contributed by atoms with Crippen molar-refractivity contribution < 1.29 is 8.78 Å². The predicted octanol–water partition coefficient (Wildman–Crippen LogP) is 2.15. The van der Waals surface area contributed by atoms with Crippen LogP contribution in [-0.2, 0) is 13.0 Å². The Kier molecular flexibility index (Phi) is 4.35. The van der Waals surface area contributed by atoms with Crippen molar-refractivity contribution in [3.8, 4) is 6.07 Å². The van der Waals surface area contributed by atoms with Gasteiger partial charge in [0.05, 0.1) is 18.1 Å². The van der Waals surface area contributed by atoms with Crippen LogP contribution >= 0.6 is 22.6 Å². The molecule has 0 fully saturated rings. The number of hydrogen-bond donors (Lipinski definition) is 1. The molecule has 6 heteroatoms. The zero-order valence-electron chi connectivity index (χ0n) is 7.67. The highest BCUT2D eigenvalue weighted by Gasteiger charge is 2.19. The smallest absolute Gasteiger partial charge is 0.266 e. The van der Waals surface area contributed by atoms with Crippen molar-refractivity contribution in [2.45, 2.75) is 19.4 Å². The van der Waals surface area contributed by atoms with Gasteiger partial charge in [-0.05, 0) is 33.7 Å². The summed E-state index contributed by atoms with van der Waals surface area (Å²) in [5.41, 5.74) is 6.09. The van der Waals surface area contributed by atoms with Crippen LogP contribution in [0.5, 0.6) is 0 Å². The number of hydrogen-bond acceptors (Lipinski definition) is 3. The first-order valence-corrected chi connectivity index (χ1v) is 5.21. The number of aromatic nitrogens is 1. The lowest BCUT2D eigenvalue weighted by molar-refractivity contribution is 0.148. The lowest BCUT2D eigenvalue weighted by atomic mass is 10.0. The van der Waals surface area contributed by atoms with Crippen LogP contribution in [0.15, 0.2) is 6.20 Å². The van der Waals surface area contributed by atoms with Gasteiger partial charge in [-0.1, -0.05) is 0 Å². The number of nitriles is 1. The Morgan fingerprint density at radius 2 is 2.27 bits per heavy atom. The quantitative estimate of drug-likeness (QED) is 0.685. The normalized spacial score (nSPS) is 10.4. The Morgan fingerprint density at radius 1 is 1.60 bits per heavy atom. The molecule has 0 saturated carbocycles. The Bertz CT molecular complexity index is 401. The highest BCUT2D eigenvalue weighted by Crippen LogP contribution is 2.28. The Hall–Kier alpha value is -0.810. The minimum atomic E-state index is -2.61. The first-order chi connectivity index (χ1) is 7.11. The van der Waals surface area contributed by atoms with Gasteiger partial charge in [-0.3, -0.25) is 0 Å². The molecule has 1 heterocycles. The van der Waals surface area contributed by atoms with E-state index in [1.165, 1.54) is 6.20 Å². The van der Waals surface area contributed by atoms with Gasteiger partial charge in [0.1, 0.15) is 3.70 Å². The fourth-order valence-electron chi connectivity index (χ4n) is 1.28. The molecule has 0 bridgehead atoms. The van der Waals surface area contributed by atoms with E-state index in [-0.39, 0.29) is 22.2 Å². The molecule has 1 rings (SSSR count). The summed E-state index contributed by atoms with van der Waals surface area (Å²) in [4.78, 5) is 3.83. The molecule has 2 N–H and O–H groups in total. The van der Waals surface area contributed by atoms with Crippen LogP contribution in [0, 0.1) is 15.0 Å². The minimum absolute atomic E-state index is 0.00475. The van der Waals surface area contributed by atoms with Gasteiger partial charge >= 0.3 is 0 Å². The fourth-order valence-corrected chi connectivity index (χ4v) is 1.98. The van der Waals surface area contributed by atoms with Gasteiger partial charge in [0, 0.05) is 12.7 Å². The fraction of sp³-hybridized carbons (Fsp3) is 0.333. The molecule has 0 unspecified atom stereocenters. The van der Waals surface area contributed by atoms with Gasteiger partial charge in [-0.25, -0.2) is 13.8 Å². The summed E-state index contributed by atoms with van der Waals surface area (Å²) in [6.07, 6.45) is -1.13. The van der Waals surface area contributed by atoms with Gasteiger partial charge in [-0.15, -0.1) is 0 Å². The third-order valence-electron chi connectivity index (χ3n) is 1.96.